The maximum Gasteiger partial charge on any atom is 0.326 e. The van der Waals surface area contributed by atoms with Gasteiger partial charge in [0.1, 0.15) is 17.8 Å². The van der Waals surface area contributed by atoms with Crippen molar-refractivity contribution in [2.45, 2.75) is 50.2 Å². The molecule has 0 bridgehead atoms. The van der Waals surface area contributed by atoms with Crippen LogP contribution in [0.5, 0.6) is 5.75 Å². The van der Waals surface area contributed by atoms with Crippen molar-refractivity contribution in [2.24, 2.45) is 11.5 Å². The molecule has 0 aliphatic carbocycles. The van der Waals surface area contributed by atoms with Crippen molar-refractivity contribution in [3.63, 3.8) is 0 Å². The summed E-state index contributed by atoms with van der Waals surface area (Å²) in [6.45, 7) is -0.566. The number of hydrogen-bond acceptors (Lipinski definition) is 8. The second-order valence-corrected chi connectivity index (χ2v) is 7.65. The summed E-state index contributed by atoms with van der Waals surface area (Å²) in [6, 6.07) is 1.79. The molecule has 0 aromatic heterocycles. The van der Waals surface area contributed by atoms with E-state index in [-0.39, 0.29) is 31.4 Å². The molecule has 3 atom stereocenters. The summed E-state index contributed by atoms with van der Waals surface area (Å²) in [5, 5.41) is 34.3. The van der Waals surface area contributed by atoms with Gasteiger partial charge in [0.2, 0.25) is 23.6 Å². The zero-order chi connectivity index (χ0) is 26.5. The third-order valence-corrected chi connectivity index (χ3v) is 4.75. The van der Waals surface area contributed by atoms with Crippen LogP contribution in [0, 0.1) is 0 Å². The Labute approximate surface area is 200 Å². The molecule has 1 aromatic carbocycles. The highest BCUT2D eigenvalue weighted by Gasteiger charge is 2.27. The van der Waals surface area contributed by atoms with Gasteiger partial charge in [-0.25, -0.2) is 4.79 Å². The molecular formula is C21H29N5O9. The summed E-state index contributed by atoms with van der Waals surface area (Å²) in [5.74, 6) is -5.78. The minimum absolute atomic E-state index is 0.0262. The van der Waals surface area contributed by atoms with Crippen molar-refractivity contribution >= 4 is 35.6 Å². The van der Waals surface area contributed by atoms with E-state index in [1.54, 1.807) is 0 Å². The standard InChI is InChI=1S/C21H29N5O9/c22-13(5-7-16(23)28)19(32)24-10-17(29)25-15(9-11-1-3-12(27)4-2-11)20(33)26-14(21(34)35)6-8-18(30)31/h1-4,13-15,27H,5-10,22H2,(H2,23,28)(H,24,32)(H,25,29)(H,26,33)(H,30,31)(H,34,35). The fraction of sp³-hybridized carbons (Fsp3) is 0.429. The molecule has 0 spiro atoms. The van der Waals surface area contributed by atoms with Gasteiger partial charge in [0, 0.05) is 19.3 Å². The molecule has 0 saturated carbocycles. The molecule has 3 unspecified atom stereocenters. The van der Waals surface area contributed by atoms with Crippen molar-refractivity contribution in [3.8, 4) is 5.75 Å². The fourth-order valence-electron chi connectivity index (χ4n) is 2.85. The first-order valence-electron chi connectivity index (χ1n) is 10.5. The number of rotatable bonds is 15. The molecule has 0 radical (unpaired) electrons. The molecule has 0 saturated heterocycles. The zero-order valence-electron chi connectivity index (χ0n) is 18.7. The number of carboxylic acid groups (broad SMARTS) is 2. The van der Waals surface area contributed by atoms with Crippen molar-refractivity contribution in [2.75, 3.05) is 6.54 Å². The lowest BCUT2D eigenvalue weighted by Crippen LogP contribution is -2.54. The smallest absolute Gasteiger partial charge is 0.326 e. The number of carboxylic acids is 2. The lowest BCUT2D eigenvalue weighted by atomic mass is 10.0. The number of phenolic OH excluding ortho intramolecular Hbond substituents is 1. The Balaban J connectivity index is 2.86. The first-order valence-corrected chi connectivity index (χ1v) is 10.5. The van der Waals surface area contributed by atoms with Crippen LogP contribution in [0.1, 0.15) is 31.2 Å². The summed E-state index contributed by atoms with van der Waals surface area (Å²) in [7, 11) is 0. The second kappa shape index (κ2) is 14.1. The molecule has 1 rings (SSSR count). The molecule has 0 aliphatic rings. The van der Waals surface area contributed by atoms with E-state index in [1.165, 1.54) is 24.3 Å². The number of aromatic hydroxyl groups is 1. The van der Waals surface area contributed by atoms with E-state index in [0.29, 0.717) is 5.56 Å². The molecule has 35 heavy (non-hydrogen) atoms. The van der Waals surface area contributed by atoms with Crippen LogP contribution >= 0.6 is 0 Å². The quantitative estimate of drug-likeness (QED) is 0.128. The van der Waals surface area contributed by atoms with Crippen molar-refractivity contribution in [1.29, 1.82) is 0 Å². The average Bonchev–Trinajstić information content (AvgIpc) is 2.78. The minimum atomic E-state index is -1.51. The Kier molecular flexibility index (Phi) is 11.7. The number of amides is 4. The van der Waals surface area contributed by atoms with E-state index >= 15 is 0 Å². The minimum Gasteiger partial charge on any atom is -0.508 e. The lowest BCUT2D eigenvalue weighted by molar-refractivity contribution is -0.143. The fourth-order valence-corrected chi connectivity index (χ4v) is 2.85. The third-order valence-electron chi connectivity index (χ3n) is 4.75. The number of nitrogens with one attached hydrogen (secondary N) is 3. The number of nitrogens with two attached hydrogens (primary N) is 2. The van der Waals surface area contributed by atoms with Crippen molar-refractivity contribution in [1.82, 2.24) is 16.0 Å². The third kappa shape index (κ3) is 11.5. The van der Waals surface area contributed by atoms with Gasteiger partial charge in [-0.15, -0.1) is 0 Å². The zero-order valence-corrected chi connectivity index (χ0v) is 18.7. The Hall–Kier alpha value is -4.20. The average molecular weight is 495 g/mol. The molecule has 0 fully saturated rings. The van der Waals surface area contributed by atoms with Crippen LogP contribution < -0.4 is 27.4 Å². The number of benzene rings is 1. The molecule has 14 nitrogen and oxygen atoms in total. The topological polar surface area (TPSA) is 251 Å². The number of aliphatic carboxylic acids is 2. The van der Waals surface area contributed by atoms with E-state index in [4.69, 9.17) is 16.6 Å². The number of carbonyl (C=O) groups is 6. The van der Waals surface area contributed by atoms with Gasteiger partial charge in [0.15, 0.2) is 0 Å². The first kappa shape index (κ1) is 28.8. The van der Waals surface area contributed by atoms with Gasteiger partial charge < -0.3 is 42.7 Å². The van der Waals surface area contributed by atoms with Crippen LogP contribution in [0.4, 0.5) is 0 Å². The summed E-state index contributed by atoms with van der Waals surface area (Å²) < 4.78 is 0. The lowest BCUT2D eigenvalue weighted by Gasteiger charge is -2.22. The maximum atomic E-state index is 12.8. The van der Waals surface area contributed by atoms with Gasteiger partial charge in [-0.1, -0.05) is 12.1 Å². The second-order valence-electron chi connectivity index (χ2n) is 7.65. The van der Waals surface area contributed by atoms with Gasteiger partial charge >= 0.3 is 11.9 Å². The van der Waals surface area contributed by atoms with Gasteiger partial charge in [0.05, 0.1) is 12.6 Å². The van der Waals surface area contributed by atoms with Gasteiger partial charge in [0.25, 0.3) is 0 Å². The SMILES string of the molecule is NC(=O)CCC(N)C(=O)NCC(=O)NC(Cc1ccc(O)cc1)C(=O)NC(CCC(=O)O)C(=O)O. The molecule has 0 aliphatic heterocycles. The summed E-state index contributed by atoms with van der Waals surface area (Å²) >= 11 is 0. The Morgan fingerprint density at radius 2 is 1.49 bits per heavy atom. The Morgan fingerprint density at radius 3 is 2.03 bits per heavy atom. The van der Waals surface area contributed by atoms with Gasteiger partial charge in [-0.2, -0.15) is 0 Å². The summed E-state index contributed by atoms with van der Waals surface area (Å²) in [4.78, 5) is 70.1. The number of hydrogen-bond donors (Lipinski definition) is 8. The maximum absolute atomic E-state index is 12.8. The Morgan fingerprint density at radius 1 is 0.857 bits per heavy atom. The monoisotopic (exact) mass is 495 g/mol. The van der Waals surface area contributed by atoms with E-state index in [9.17, 15) is 39.0 Å². The molecule has 4 amide bonds. The highest BCUT2D eigenvalue weighted by atomic mass is 16.4. The molecule has 192 valence electrons. The van der Waals surface area contributed by atoms with Crippen molar-refractivity contribution in [3.05, 3.63) is 29.8 Å². The highest BCUT2D eigenvalue weighted by Crippen LogP contribution is 2.12. The van der Waals surface area contributed by atoms with E-state index < -0.39 is 66.7 Å². The Bertz CT molecular complexity index is 936. The van der Waals surface area contributed by atoms with Gasteiger partial charge in [-0.05, 0) is 30.5 Å². The number of primary amides is 1. The number of phenols is 1. The van der Waals surface area contributed by atoms with Crippen LogP contribution in [0.15, 0.2) is 24.3 Å². The largest absolute Gasteiger partial charge is 0.508 e. The van der Waals surface area contributed by atoms with E-state index in [1.807, 2.05) is 0 Å². The normalized spacial score (nSPS) is 13.1. The van der Waals surface area contributed by atoms with Crippen LogP contribution in [0.3, 0.4) is 0 Å². The first-order chi connectivity index (χ1) is 16.4. The molecular weight excluding hydrogens is 466 g/mol. The van der Waals surface area contributed by atoms with E-state index in [0.717, 1.165) is 0 Å². The van der Waals surface area contributed by atoms with Crippen LogP contribution in [0.2, 0.25) is 0 Å². The van der Waals surface area contributed by atoms with Crippen LogP contribution in [0.25, 0.3) is 0 Å². The van der Waals surface area contributed by atoms with Crippen LogP contribution in [-0.4, -0.2) is 75.6 Å². The van der Waals surface area contributed by atoms with Gasteiger partial charge in [-0.3, -0.25) is 24.0 Å². The number of carbonyl (C=O) groups excluding carboxylic acids is 4. The van der Waals surface area contributed by atoms with E-state index in [2.05, 4.69) is 16.0 Å². The molecule has 0 heterocycles. The molecule has 10 N–H and O–H groups in total. The predicted octanol–water partition coefficient (Wildman–Crippen LogP) is -2.44. The molecule has 14 heteroatoms. The summed E-state index contributed by atoms with van der Waals surface area (Å²) in [6.07, 6.45) is -1.14. The summed E-state index contributed by atoms with van der Waals surface area (Å²) in [5.41, 5.74) is 11.1. The predicted molar refractivity (Wildman–Crippen MR) is 120 cm³/mol. The highest BCUT2D eigenvalue weighted by molar-refractivity contribution is 5.92. The van der Waals surface area contributed by atoms with Crippen molar-refractivity contribution < 1.29 is 44.1 Å². The molecule has 1 aromatic rings. The van der Waals surface area contributed by atoms with Crippen LogP contribution in [-0.2, 0) is 35.2 Å².